The number of carbonyl (C=O) groups excluding carboxylic acids is 2. The maximum atomic E-state index is 14.1. The molecule has 7 nitrogen and oxygen atoms in total. The molecule has 0 aliphatic heterocycles. The van der Waals surface area contributed by atoms with Crippen molar-refractivity contribution < 1.29 is 28.6 Å². The van der Waals surface area contributed by atoms with E-state index in [2.05, 4.69) is 10.6 Å². The molecule has 5 rings (SSSR count). The largest absolute Gasteiger partial charge is 0.480 e. The van der Waals surface area contributed by atoms with E-state index >= 15 is 0 Å². The number of nitrogens with one attached hydrogen (secondary N) is 2. The smallest absolute Gasteiger partial charge is 0.411 e. The SMILES string of the molecule is O=C(Nc1cc(F)cc(C(=O)NC2(C(=O)O)CC2)c1)OCC1c2ccccc2-c2ccccc21. The summed E-state index contributed by atoms with van der Waals surface area (Å²) in [4.78, 5) is 36.2. The lowest BCUT2D eigenvalue weighted by Gasteiger charge is -2.15. The van der Waals surface area contributed by atoms with Crippen molar-refractivity contribution in [3.8, 4) is 11.1 Å². The monoisotopic (exact) mass is 460 g/mol. The number of halogens is 1. The van der Waals surface area contributed by atoms with E-state index in [1.807, 2.05) is 48.5 Å². The molecule has 0 bridgehead atoms. The number of benzene rings is 3. The Hall–Kier alpha value is -4.20. The molecule has 2 aliphatic rings. The highest BCUT2D eigenvalue weighted by Gasteiger charge is 2.51. The van der Waals surface area contributed by atoms with Crippen molar-refractivity contribution in [2.24, 2.45) is 0 Å². The summed E-state index contributed by atoms with van der Waals surface area (Å²) in [5, 5.41) is 14.1. The van der Waals surface area contributed by atoms with Gasteiger partial charge in [0.05, 0.1) is 0 Å². The van der Waals surface area contributed by atoms with E-state index in [4.69, 9.17) is 4.74 Å². The maximum absolute atomic E-state index is 14.1. The average Bonchev–Trinajstić information content (AvgIpc) is 3.53. The van der Waals surface area contributed by atoms with Crippen molar-refractivity contribution >= 4 is 23.7 Å². The number of aliphatic carboxylic acids is 1. The molecule has 0 spiro atoms. The number of carboxylic acids is 1. The van der Waals surface area contributed by atoms with Crippen LogP contribution < -0.4 is 10.6 Å². The molecular formula is C26H21FN2O5. The van der Waals surface area contributed by atoms with E-state index in [-0.39, 0.29) is 23.8 Å². The molecule has 3 aromatic rings. The Morgan fingerprint density at radius 1 is 0.971 bits per heavy atom. The molecule has 0 saturated heterocycles. The lowest BCUT2D eigenvalue weighted by Crippen LogP contribution is -2.43. The highest BCUT2D eigenvalue weighted by atomic mass is 19.1. The Bertz CT molecular complexity index is 1270. The normalized spacial score (nSPS) is 15.1. The van der Waals surface area contributed by atoms with Crippen molar-refractivity contribution in [2.75, 3.05) is 11.9 Å². The third-order valence-corrected chi connectivity index (χ3v) is 6.26. The van der Waals surface area contributed by atoms with Crippen molar-refractivity contribution in [1.82, 2.24) is 5.32 Å². The number of carboxylic acid groups (broad SMARTS) is 1. The van der Waals surface area contributed by atoms with Crippen LogP contribution in [0.3, 0.4) is 0 Å². The minimum absolute atomic E-state index is 0.0301. The van der Waals surface area contributed by atoms with Gasteiger partial charge in [0.15, 0.2) is 0 Å². The summed E-state index contributed by atoms with van der Waals surface area (Å²) in [6.45, 7) is 0.0870. The lowest BCUT2D eigenvalue weighted by molar-refractivity contribution is -0.140. The van der Waals surface area contributed by atoms with Gasteiger partial charge < -0.3 is 15.2 Å². The van der Waals surface area contributed by atoms with Gasteiger partial charge in [-0.2, -0.15) is 0 Å². The van der Waals surface area contributed by atoms with E-state index in [1.165, 1.54) is 6.07 Å². The Labute approximate surface area is 194 Å². The first-order chi connectivity index (χ1) is 16.4. The summed E-state index contributed by atoms with van der Waals surface area (Å²) in [7, 11) is 0. The first kappa shape index (κ1) is 21.6. The second-order valence-corrected chi connectivity index (χ2v) is 8.52. The average molecular weight is 460 g/mol. The predicted molar refractivity (Wildman–Crippen MR) is 122 cm³/mol. The van der Waals surface area contributed by atoms with Gasteiger partial charge in [0.25, 0.3) is 5.91 Å². The Morgan fingerprint density at radius 2 is 1.59 bits per heavy atom. The molecule has 3 aromatic carbocycles. The summed E-state index contributed by atoms with van der Waals surface area (Å²) in [5.41, 5.74) is 2.96. The van der Waals surface area contributed by atoms with Crippen LogP contribution in [0, 0.1) is 5.82 Å². The van der Waals surface area contributed by atoms with Gasteiger partial charge in [-0.15, -0.1) is 0 Å². The fourth-order valence-electron chi connectivity index (χ4n) is 4.35. The highest BCUT2D eigenvalue weighted by Crippen LogP contribution is 2.44. The van der Waals surface area contributed by atoms with Gasteiger partial charge in [0.1, 0.15) is 18.0 Å². The molecule has 1 saturated carbocycles. The first-order valence-electron chi connectivity index (χ1n) is 10.8. The number of amides is 2. The second-order valence-electron chi connectivity index (χ2n) is 8.52. The van der Waals surface area contributed by atoms with Gasteiger partial charge >= 0.3 is 12.1 Å². The molecule has 34 heavy (non-hydrogen) atoms. The Balaban J connectivity index is 1.27. The zero-order chi connectivity index (χ0) is 23.9. The standard InChI is InChI=1S/C26H21FN2O5/c27-16-11-15(23(30)29-26(9-10-26)24(31)32)12-17(13-16)28-25(33)34-14-22-20-7-3-1-5-18(20)19-6-2-4-8-21(19)22/h1-8,11-13,22H,9-10,14H2,(H,28,33)(H,29,30)(H,31,32). The zero-order valence-electron chi connectivity index (χ0n) is 18.0. The van der Waals surface area contributed by atoms with Crippen molar-refractivity contribution in [1.29, 1.82) is 0 Å². The van der Waals surface area contributed by atoms with Crippen LogP contribution >= 0.6 is 0 Å². The van der Waals surface area contributed by atoms with Gasteiger partial charge in [0.2, 0.25) is 0 Å². The lowest BCUT2D eigenvalue weighted by atomic mass is 9.98. The van der Waals surface area contributed by atoms with Crippen LogP contribution in [0.2, 0.25) is 0 Å². The van der Waals surface area contributed by atoms with E-state index in [0.717, 1.165) is 34.4 Å². The maximum Gasteiger partial charge on any atom is 0.411 e. The molecule has 0 atom stereocenters. The summed E-state index contributed by atoms with van der Waals surface area (Å²) >= 11 is 0. The van der Waals surface area contributed by atoms with Crippen LogP contribution in [-0.4, -0.2) is 35.2 Å². The minimum Gasteiger partial charge on any atom is -0.480 e. The van der Waals surface area contributed by atoms with E-state index < -0.39 is 29.3 Å². The van der Waals surface area contributed by atoms with Crippen LogP contribution in [0.1, 0.15) is 40.2 Å². The fourth-order valence-corrected chi connectivity index (χ4v) is 4.35. The number of anilines is 1. The van der Waals surface area contributed by atoms with Crippen molar-refractivity contribution in [2.45, 2.75) is 24.3 Å². The number of rotatable bonds is 6. The van der Waals surface area contributed by atoms with Crippen molar-refractivity contribution in [3.63, 3.8) is 0 Å². The molecule has 1 fully saturated rings. The molecule has 0 unspecified atom stereocenters. The van der Waals surface area contributed by atoms with Gasteiger partial charge in [0, 0.05) is 17.2 Å². The molecule has 2 aliphatic carbocycles. The molecule has 8 heteroatoms. The highest BCUT2D eigenvalue weighted by molar-refractivity contribution is 6.00. The molecular weight excluding hydrogens is 439 g/mol. The van der Waals surface area contributed by atoms with Gasteiger partial charge in [-0.05, 0) is 53.3 Å². The third-order valence-electron chi connectivity index (χ3n) is 6.26. The summed E-state index contributed by atoms with van der Waals surface area (Å²) < 4.78 is 19.6. The summed E-state index contributed by atoms with van der Waals surface area (Å²) in [5.74, 6) is -2.73. The zero-order valence-corrected chi connectivity index (χ0v) is 18.0. The van der Waals surface area contributed by atoms with E-state index in [0.29, 0.717) is 12.8 Å². The molecule has 0 heterocycles. The number of hydrogen-bond donors (Lipinski definition) is 3. The van der Waals surface area contributed by atoms with Crippen LogP contribution in [0.5, 0.6) is 0 Å². The van der Waals surface area contributed by atoms with E-state index in [1.54, 1.807) is 0 Å². The molecule has 0 aromatic heterocycles. The van der Waals surface area contributed by atoms with Crippen LogP contribution in [0.15, 0.2) is 66.7 Å². The number of hydrogen-bond acceptors (Lipinski definition) is 4. The topological polar surface area (TPSA) is 105 Å². The Kier molecular flexibility index (Phi) is 5.28. The van der Waals surface area contributed by atoms with Crippen molar-refractivity contribution in [3.05, 3.63) is 89.2 Å². The first-order valence-corrected chi connectivity index (χ1v) is 10.8. The fraction of sp³-hybridized carbons (Fsp3) is 0.192. The second kappa shape index (κ2) is 8.30. The quantitative estimate of drug-likeness (QED) is 0.501. The summed E-state index contributed by atoms with van der Waals surface area (Å²) in [6.07, 6.45) is -0.161. The number of carbonyl (C=O) groups is 3. The number of fused-ring (bicyclic) bond motifs is 3. The van der Waals surface area contributed by atoms with Crippen LogP contribution in [-0.2, 0) is 9.53 Å². The van der Waals surface area contributed by atoms with Gasteiger partial charge in [-0.25, -0.2) is 14.0 Å². The Morgan fingerprint density at radius 3 is 2.18 bits per heavy atom. The molecule has 3 N–H and O–H groups in total. The third kappa shape index (κ3) is 3.98. The minimum atomic E-state index is -1.30. The number of ether oxygens (including phenoxy) is 1. The van der Waals surface area contributed by atoms with Crippen LogP contribution in [0.25, 0.3) is 11.1 Å². The van der Waals surface area contributed by atoms with E-state index in [9.17, 15) is 23.9 Å². The van der Waals surface area contributed by atoms with Gasteiger partial charge in [-0.1, -0.05) is 48.5 Å². The van der Waals surface area contributed by atoms with Gasteiger partial charge in [-0.3, -0.25) is 10.1 Å². The molecule has 0 radical (unpaired) electrons. The predicted octanol–water partition coefficient (Wildman–Crippen LogP) is 4.53. The molecule has 172 valence electrons. The van der Waals surface area contributed by atoms with Crippen LogP contribution in [0.4, 0.5) is 14.9 Å². The summed E-state index contributed by atoms with van der Waals surface area (Å²) in [6, 6.07) is 19.2. The molecule has 2 amide bonds.